The second-order valence-corrected chi connectivity index (χ2v) is 7.43. The fourth-order valence-corrected chi connectivity index (χ4v) is 3.83. The Morgan fingerprint density at radius 3 is 2.76 bits per heavy atom. The maximum absolute atomic E-state index is 12.9. The molecule has 3 heterocycles. The van der Waals surface area contributed by atoms with Gasteiger partial charge >= 0.3 is 0 Å². The van der Waals surface area contributed by atoms with Gasteiger partial charge in [-0.3, -0.25) is 9.48 Å². The Morgan fingerprint density at radius 1 is 1.36 bits per heavy atom. The number of likely N-dealkylation sites (tertiary alicyclic amines) is 1. The number of amides is 1. The minimum absolute atomic E-state index is 0.204. The lowest BCUT2D eigenvalue weighted by Gasteiger charge is -2.34. The summed E-state index contributed by atoms with van der Waals surface area (Å²) in [6, 6.07) is 0.327. The smallest absolute Gasteiger partial charge is 0.227 e. The maximum Gasteiger partial charge on any atom is 0.227 e. The molecule has 0 spiro atoms. The minimum Gasteiger partial charge on any atom is -0.340 e. The molecule has 1 fully saturated rings. The van der Waals surface area contributed by atoms with Crippen LogP contribution in [0.15, 0.2) is 12.4 Å². The summed E-state index contributed by atoms with van der Waals surface area (Å²) in [5, 5.41) is 4.43. The van der Waals surface area contributed by atoms with Crippen molar-refractivity contribution in [3.63, 3.8) is 0 Å². The molecule has 2 aromatic heterocycles. The normalized spacial score (nSPS) is 18.2. The van der Waals surface area contributed by atoms with Crippen molar-refractivity contribution in [3.8, 4) is 0 Å². The molecule has 1 atom stereocenters. The Morgan fingerprint density at radius 2 is 2.12 bits per heavy atom. The van der Waals surface area contributed by atoms with Crippen molar-refractivity contribution < 1.29 is 4.79 Å². The first-order valence-corrected chi connectivity index (χ1v) is 9.18. The van der Waals surface area contributed by atoms with E-state index in [2.05, 4.69) is 34.7 Å². The highest BCUT2D eigenvalue weighted by atomic mass is 16.2. The van der Waals surface area contributed by atoms with E-state index in [9.17, 15) is 4.79 Å². The van der Waals surface area contributed by atoms with Crippen molar-refractivity contribution in [1.82, 2.24) is 24.2 Å². The topological polar surface area (TPSA) is 56.0 Å². The first-order valence-electron chi connectivity index (χ1n) is 9.18. The van der Waals surface area contributed by atoms with Gasteiger partial charge in [-0.15, -0.1) is 0 Å². The Hall–Kier alpha value is -2.11. The van der Waals surface area contributed by atoms with Crippen molar-refractivity contribution in [1.29, 1.82) is 0 Å². The van der Waals surface area contributed by atoms with E-state index in [1.807, 2.05) is 36.7 Å². The lowest BCUT2D eigenvalue weighted by atomic mass is 10.0. The van der Waals surface area contributed by atoms with Gasteiger partial charge in [0.15, 0.2) is 0 Å². The van der Waals surface area contributed by atoms with E-state index in [0.29, 0.717) is 18.4 Å². The van der Waals surface area contributed by atoms with E-state index < -0.39 is 0 Å². The van der Waals surface area contributed by atoms with E-state index in [4.69, 9.17) is 0 Å². The molecule has 0 N–H and O–H groups in total. The average molecular weight is 343 g/mol. The maximum atomic E-state index is 12.9. The number of imidazole rings is 1. The first kappa shape index (κ1) is 17.7. The summed E-state index contributed by atoms with van der Waals surface area (Å²) in [6.45, 7) is 9.96. The van der Waals surface area contributed by atoms with Crippen molar-refractivity contribution in [3.05, 3.63) is 35.2 Å². The highest BCUT2D eigenvalue weighted by molar-refractivity contribution is 5.79. The highest BCUT2D eigenvalue weighted by Gasteiger charge is 2.27. The summed E-state index contributed by atoms with van der Waals surface area (Å²) in [6.07, 6.45) is 6.52. The molecule has 0 bridgehead atoms. The number of piperidine rings is 1. The highest BCUT2D eigenvalue weighted by Crippen LogP contribution is 2.26. The Bertz CT molecular complexity index is 758. The zero-order valence-corrected chi connectivity index (χ0v) is 16.0. The molecular weight excluding hydrogens is 314 g/mol. The van der Waals surface area contributed by atoms with Gasteiger partial charge in [0, 0.05) is 49.7 Å². The van der Waals surface area contributed by atoms with Gasteiger partial charge in [-0.05, 0) is 26.7 Å². The van der Waals surface area contributed by atoms with E-state index in [1.54, 1.807) is 0 Å². The molecule has 136 valence electrons. The van der Waals surface area contributed by atoms with Gasteiger partial charge in [0.1, 0.15) is 5.82 Å². The number of rotatable bonds is 4. The van der Waals surface area contributed by atoms with Crippen LogP contribution in [0.2, 0.25) is 0 Å². The van der Waals surface area contributed by atoms with Gasteiger partial charge in [0.25, 0.3) is 0 Å². The van der Waals surface area contributed by atoms with E-state index >= 15 is 0 Å². The summed E-state index contributed by atoms with van der Waals surface area (Å²) in [7, 11) is 1.93. The number of carbonyl (C=O) groups excluding carboxylic acids is 1. The SMILES string of the molecule is Cc1nn(C)c(C)c1CC(=O)N1CCC[C@@H](n2ccnc2C(C)C)C1. The van der Waals surface area contributed by atoms with Gasteiger partial charge in [-0.2, -0.15) is 5.10 Å². The molecule has 1 aliphatic rings. The van der Waals surface area contributed by atoms with Crippen LogP contribution in [0.1, 0.15) is 61.4 Å². The van der Waals surface area contributed by atoms with Gasteiger partial charge in [-0.1, -0.05) is 13.8 Å². The molecule has 25 heavy (non-hydrogen) atoms. The van der Waals surface area contributed by atoms with Crippen LogP contribution in [0.3, 0.4) is 0 Å². The van der Waals surface area contributed by atoms with Crippen LogP contribution in [-0.2, 0) is 18.3 Å². The van der Waals surface area contributed by atoms with Crippen LogP contribution in [0, 0.1) is 13.8 Å². The van der Waals surface area contributed by atoms with Crippen LogP contribution < -0.4 is 0 Å². The zero-order valence-electron chi connectivity index (χ0n) is 16.0. The third-order valence-electron chi connectivity index (χ3n) is 5.34. The van der Waals surface area contributed by atoms with E-state index in [-0.39, 0.29) is 5.91 Å². The first-order chi connectivity index (χ1) is 11.9. The van der Waals surface area contributed by atoms with Gasteiger partial charge in [-0.25, -0.2) is 4.98 Å². The number of aryl methyl sites for hydroxylation is 2. The lowest BCUT2D eigenvalue weighted by molar-refractivity contribution is -0.132. The number of hydrogen-bond acceptors (Lipinski definition) is 3. The zero-order chi connectivity index (χ0) is 18.1. The number of nitrogens with zero attached hydrogens (tertiary/aromatic N) is 5. The largest absolute Gasteiger partial charge is 0.340 e. The number of aromatic nitrogens is 4. The summed E-state index contributed by atoms with van der Waals surface area (Å²) in [5.74, 6) is 1.70. The Balaban J connectivity index is 1.72. The van der Waals surface area contributed by atoms with Crippen LogP contribution in [0.5, 0.6) is 0 Å². The second-order valence-electron chi connectivity index (χ2n) is 7.43. The summed E-state index contributed by atoms with van der Waals surface area (Å²) < 4.78 is 4.13. The van der Waals surface area contributed by atoms with E-state index in [0.717, 1.165) is 48.7 Å². The van der Waals surface area contributed by atoms with Crippen LogP contribution in [0.25, 0.3) is 0 Å². The Kier molecular flexibility index (Phi) is 4.97. The quantitative estimate of drug-likeness (QED) is 0.858. The van der Waals surface area contributed by atoms with Crippen LogP contribution in [-0.4, -0.2) is 43.2 Å². The molecule has 6 heteroatoms. The molecule has 6 nitrogen and oxygen atoms in total. The summed E-state index contributed by atoms with van der Waals surface area (Å²) in [4.78, 5) is 19.4. The molecule has 1 aliphatic heterocycles. The van der Waals surface area contributed by atoms with Crippen molar-refractivity contribution in [2.75, 3.05) is 13.1 Å². The number of hydrogen-bond donors (Lipinski definition) is 0. The van der Waals surface area contributed by atoms with E-state index in [1.165, 1.54) is 0 Å². The predicted octanol–water partition coefficient (Wildman–Crippen LogP) is 2.76. The molecule has 1 amide bonds. The fraction of sp³-hybridized carbons (Fsp3) is 0.632. The molecule has 2 aromatic rings. The third kappa shape index (κ3) is 3.48. The molecule has 0 radical (unpaired) electrons. The standard InChI is InChI=1S/C19H29N5O/c1-13(2)19-20-8-10-24(19)16-7-6-9-23(12-16)18(25)11-17-14(3)21-22(5)15(17)4/h8,10,13,16H,6-7,9,11-12H2,1-5H3/t16-/m1/s1. The molecule has 1 saturated heterocycles. The summed E-state index contributed by atoms with van der Waals surface area (Å²) in [5.41, 5.74) is 3.11. The van der Waals surface area contributed by atoms with Crippen LogP contribution in [0.4, 0.5) is 0 Å². The van der Waals surface area contributed by atoms with Gasteiger partial charge in [0.2, 0.25) is 5.91 Å². The van der Waals surface area contributed by atoms with Crippen molar-refractivity contribution in [2.24, 2.45) is 7.05 Å². The average Bonchev–Trinajstić information content (AvgIpc) is 3.16. The molecule has 0 aliphatic carbocycles. The van der Waals surface area contributed by atoms with Gasteiger partial charge in [0.05, 0.1) is 18.2 Å². The molecular formula is C19H29N5O. The molecule has 0 saturated carbocycles. The van der Waals surface area contributed by atoms with Gasteiger partial charge < -0.3 is 9.47 Å². The second kappa shape index (κ2) is 7.02. The monoisotopic (exact) mass is 343 g/mol. The molecule has 0 aromatic carbocycles. The fourth-order valence-electron chi connectivity index (χ4n) is 3.83. The predicted molar refractivity (Wildman–Crippen MR) is 97.6 cm³/mol. The molecule has 3 rings (SSSR count). The Labute approximate surface area is 149 Å². The molecule has 0 unspecified atom stereocenters. The van der Waals surface area contributed by atoms with Crippen LogP contribution >= 0.6 is 0 Å². The minimum atomic E-state index is 0.204. The number of carbonyl (C=O) groups is 1. The van der Waals surface area contributed by atoms with Crippen molar-refractivity contribution >= 4 is 5.91 Å². The summed E-state index contributed by atoms with van der Waals surface area (Å²) >= 11 is 0. The third-order valence-corrected chi connectivity index (χ3v) is 5.34. The lowest BCUT2D eigenvalue weighted by Crippen LogP contribution is -2.41. The van der Waals surface area contributed by atoms with Crippen molar-refractivity contribution in [2.45, 2.75) is 58.9 Å².